The minimum atomic E-state index is 0.722. The van der Waals surface area contributed by atoms with E-state index in [2.05, 4.69) is 36.2 Å². The van der Waals surface area contributed by atoms with Gasteiger partial charge in [0.05, 0.1) is 0 Å². The van der Waals surface area contributed by atoms with Crippen molar-refractivity contribution in [1.82, 2.24) is 10.2 Å². The Morgan fingerprint density at radius 3 is 2.53 bits per heavy atom. The van der Waals surface area contributed by atoms with Crippen LogP contribution >= 0.6 is 0 Å². The average Bonchev–Trinajstić information content (AvgIpc) is 2.38. The minimum Gasteiger partial charge on any atom is -0.314 e. The zero-order chi connectivity index (χ0) is 12.1. The Hall–Kier alpha value is -0.340. The lowest BCUT2D eigenvalue weighted by molar-refractivity contribution is 0.159. The van der Waals surface area contributed by atoms with E-state index < -0.39 is 0 Å². The Morgan fingerprint density at radius 2 is 1.94 bits per heavy atom. The van der Waals surface area contributed by atoms with Crippen LogP contribution in [0.4, 0.5) is 0 Å². The van der Waals surface area contributed by atoms with Crippen LogP contribution < -0.4 is 5.32 Å². The Kier molecular flexibility index (Phi) is 5.05. The van der Waals surface area contributed by atoms with Gasteiger partial charge in [0, 0.05) is 12.1 Å². The van der Waals surface area contributed by atoms with Crippen LogP contribution in [0.5, 0.6) is 0 Å². The van der Waals surface area contributed by atoms with E-state index in [0.717, 1.165) is 18.0 Å². The quantitative estimate of drug-likeness (QED) is 0.755. The standard InChI is InChI=1S/C15H28N2/c1-13(2)17-10-8-15(9-11-17)16-12-14-6-4-3-5-7-14/h3-4,13-16H,5-12H2,1-2H3. The van der Waals surface area contributed by atoms with Crippen LogP contribution in [0.1, 0.15) is 46.0 Å². The second-order valence-corrected chi connectivity index (χ2v) is 5.96. The first-order valence-corrected chi connectivity index (χ1v) is 7.38. The van der Waals surface area contributed by atoms with Crippen molar-refractivity contribution in [2.75, 3.05) is 19.6 Å². The topological polar surface area (TPSA) is 15.3 Å². The van der Waals surface area contributed by atoms with Gasteiger partial charge in [0.2, 0.25) is 0 Å². The van der Waals surface area contributed by atoms with Crippen molar-refractivity contribution >= 4 is 0 Å². The summed E-state index contributed by atoms with van der Waals surface area (Å²) in [6.07, 6.45) is 11.3. The fourth-order valence-electron chi connectivity index (χ4n) is 3.00. The van der Waals surface area contributed by atoms with E-state index in [-0.39, 0.29) is 0 Å². The van der Waals surface area contributed by atoms with Gasteiger partial charge in [-0.1, -0.05) is 12.2 Å². The minimum absolute atomic E-state index is 0.722. The molecule has 0 saturated carbocycles. The summed E-state index contributed by atoms with van der Waals surface area (Å²) in [7, 11) is 0. The molecule has 0 aromatic carbocycles. The molecule has 0 amide bonds. The van der Waals surface area contributed by atoms with Crippen molar-refractivity contribution in [3.8, 4) is 0 Å². The Morgan fingerprint density at radius 1 is 1.18 bits per heavy atom. The Balaban J connectivity index is 1.63. The molecule has 1 unspecified atom stereocenters. The van der Waals surface area contributed by atoms with E-state index >= 15 is 0 Å². The normalized spacial score (nSPS) is 27.8. The molecule has 0 radical (unpaired) electrons. The van der Waals surface area contributed by atoms with Crippen molar-refractivity contribution in [3.63, 3.8) is 0 Å². The number of hydrogen-bond acceptors (Lipinski definition) is 2. The van der Waals surface area contributed by atoms with Crippen LogP contribution in [0.2, 0.25) is 0 Å². The molecule has 2 nitrogen and oxygen atoms in total. The maximum atomic E-state index is 3.79. The van der Waals surface area contributed by atoms with Gasteiger partial charge in [-0.25, -0.2) is 0 Å². The molecule has 2 aliphatic rings. The lowest BCUT2D eigenvalue weighted by atomic mass is 9.93. The molecular weight excluding hydrogens is 208 g/mol. The smallest absolute Gasteiger partial charge is 0.00915 e. The van der Waals surface area contributed by atoms with Crippen LogP contribution in [0.25, 0.3) is 0 Å². The summed E-state index contributed by atoms with van der Waals surface area (Å²) in [5, 5.41) is 3.79. The highest BCUT2D eigenvalue weighted by molar-refractivity contribution is 4.91. The van der Waals surface area contributed by atoms with E-state index in [1.54, 1.807) is 0 Å². The van der Waals surface area contributed by atoms with E-state index in [1.165, 1.54) is 51.7 Å². The van der Waals surface area contributed by atoms with E-state index in [0.29, 0.717) is 0 Å². The van der Waals surface area contributed by atoms with Gasteiger partial charge in [-0.05, 0) is 71.5 Å². The van der Waals surface area contributed by atoms with Gasteiger partial charge in [0.25, 0.3) is 0 Å². The summed E-state index contributed by atoms with van der Waals surface area (Å²) < 4.78 is 0. The van der Waals surface area contributed by atoms with Crippen LogP contribution in [0.3, 0.4) is 0 Å². The summed E-state index contributed by atoms with van der Waals surface area (Å²) >= 11 is 0. The highest BCUT2D eigenvalue weighted by atomic mass is 15.2. The molecule has 1 heterocycles. The van der Waals surface area contributed by atoms with Crippen molar-refractivity contribution in [2.24, 2.45) is 5.92 Å². The second kappa shape index (κ2) is 6.55. The summed E-state index contributed by atoms with van der Waals surface area (Å²) in [4.78, 5) is 2.60. The molecule has 1 aliphatic carbocycles. The molecule has 2 heteroatoms. The third-order valence-corrected chi connectivity index (χ3v) is 4.33. The van der Waals surface area contributed by atoms with E-state index in [4.69, 9.17) is 0 Å². The molecule has 17 heavy (non-hydrogen) atoms. The number of hydrogen-bond donors (Lipinski definition) is 1. The highest BCUT2D eigenvalue weighted by Crippen LogP contribution is 2.18. The second-order valence-electron chi connectivity index (χ2n) is 5.96. The predicted octanol–water partition coefficient (Wildman–Crippen LogP) is 2.81. The van der Waals surface area contributed by atoms with Gasteiger partial charge in [0.15, 0.2) is 0 Å². The Bertz CT molecular complexity index is 239. The van der Waals surface area contributed by atoms with Crippen LogP contribution in [0, 0.1) is 5.92 Å². The zero-order valence-electron chi connectivity index (χ0n) is 11.5. The molecule has 0 aromatic rings. The van der Waals surface area contributed by atoms with Gasteiger partial charge >= 0.3 is 0 Å². The number of likely N-dealkylation sites (tertiary alicyclic amines) is 1. The van der Waals surface area contributed by atoms with Gasteiger partial charge in [-0.3, -0.25) is 0 Å². The maximum Gasteiger partial charge on any atom is 0.00915 e. The summed E-state index contributed by atoms with van der Waals surface area (Å²) in [6.45, 7) is 8.40. The lowest BCUT2D eigenvalue weighted by Crippen LogP contribution is -2.46. The summed E-state index contributed by atoms with van der Waals surface area (Å²) in [5.41, 5.74) is 0. The predicted molar refractivity (Wildman–Crippen MR) is 74.2 cm³/mol. The molecule has 1 atom stereocenters. The highest BCUT2D eigenvalue weighted by Gasteiger charge is 2.21. The number of rotatable bonds is 4. The average molecular weight is 236 g/mol. The zero-order valence-corrected chi connectivity index (χ0v) is 11.5. The molecule has 1 aliphatic heterocycles. The number of nitrogens with one attached hydrogen (secondary N) is 1. The van der Waals surface area contributed by atoms with Crippen molar-refractivity contribution in [2.45, 2.75) is 58.0 Å². The molecule has 1 N–H and O–H groups in total. The molecule has 98 valence electrons. The fraction of sp³-hybridized carbons (Fsp3) is 0.867. The molecule has 2 rings (SSSR count). The first-order valence-electron chi connectivity index (χ1n) is 7.38. The van der Waals surface area contributed by atoms with Gasteiger partial charge in [-0.15, -0.1) is 0 Å². The summed E-state index contributed by atoms with van der Waals surface area (Å²) in [5.74, 6) is 0.892. The summed E-state index contributed by atoms with van der Waals surface area (Å²) in [6, 6.07) is 1.50. The molecule has 0 bridgehead atoms. The molecule has 0 spiro atoms. The Labute approximate surface area is 106 Å². The molecule has 1 saturated heterocycles. The lowest BCUT2D eigenvalue weighted by Gasteiger charge is -2.35. The third-order valence-electron chi connectivity index (χ3n) is 4.33. The van der Waals surface area contributed by atoms with E-state index in [9.17, 15) is 0 Å². The van der Waals surface area contributed by atoms with Crippen molar-refractivity contribution in [3.05, 3.63) is 12.2 Å². The van der Waals surface area contributed by atoms with Crippen molar-refractivity contribution in [1.29, 1.82) is 0 Å². The van der Waals surface area contributed by atoms with Gasteiger partial charge < -0.3 is 10.2 Å². The van der Waals surface area contributed by atoms with Gasteiger partial charge in [0.1, 0.15) is 0 Å². The largest absolute Gasteiger partial charge is 0.314 e. The number of piperidine rings is 1. The number of allylic oxidation sites excluding steroid dienone is 2. The third kappa shape index (κ3) is 4.11. The van der Waals surface area contributed by atoms with Crippen LogP contribution in [-0.2, 0) is 0 Å². The first kappa shape index (κ1) is 13.1. The molecule has 1 fully saturated rings. The van der Waals surface area contributed by atoms with E-state index in [1.807, 2.05) is 0 Å². The van der Waals surface area contributed by atoms with Crippen LogP contribution in [0.15, 0.2) is 12.2 Å². The van der Waals surface area contributed by atoms with Gasteiger partial charge in [-0.2, -0.15) is 0 Å². The SMILES string of the molecule is CC(C)N1CCC(NCC2CC=CCC2)CC1. The molecular formula is C15H28N2. The fourth-order valence-corrected chi connectivity index (χ4v) is 3.00. The van der Waals surface area contributed by atoms with Crippen molar-refractivity contribution < 1.29 is 0 Å². The maximum absolute atomic E-state index is 3.79. The number of nitrogens with zero attached hydrogens (tertiary/aromatic N) is 1. The van der Waals surface area contributed by atoms with Crippen LogP contribution in [-0.4, -0.2) is 36.6 Å². The molecule has 0 aromatic heterocycles. The first-order chi connectivity index (χ1) is 8.25. The monoisotopic (exact) mass is 236 g/mol.